The van der Waals surface area contributed by atoms with Crippen molar-refractivity contribution in [3.8, 4) is 17.1 Å². The number of aromatic nitrogens is 4. The van der Waals surface area contributed by atoms with Gasteiger partial charge in [0, 0.05) is 5.02 Å². The lowest BCUT2D eigenvalue weighted by Crippen LogP contribution is -2.10. The van der Waals surface area contributed by atoms with Crippen molar-refractivity contribution in [1.82, 2.24) is 19.9 Å². The Labute approximate surface area is 117 Å². The van der Waals surface area contributed by atoms with Crippen LogP contribution >= 0.6 is 11.6 Å². The molecule has 0 aliphatic carbocycles. The minimum Gasteiger partial charge on any atom is -0.496 e. The van der Waals surface area contributed by atoms with Crippen molar-refractivity contribution >= 4 is 28.7 Å². The van der Waals surface area contributed by atoms with Crippen molar-refractivity contribution in [2.75, 3.05) is 12.8 Å². The van der Waals surface area contributed by atoms with E-state index in [1.54, 1.807) is 18.2 Å². The molecule has 0 unspecified atom stereocenters. The van der Waals surface area contributed by atoms with Crippen molar-refractivity contribution in [3.63, 3.8) is 0 Å². The summed E-state index contributed by atoms with van der Waals surface area (Å²) in [6, 6.07) is 5.12. The number of hydrogen-bond donors (Lipinski definition) is 3. The maximum atomic E-state index is 11.8. The van der Waals surface area contributed by atoms with Crippen LogP contribution in [0.4, 0.5) is 5.95 Å². The van der Waals surface area contributed by atoms with E-state index in [1.165, 1.54) is 7.11 Å². The van der Waals surface area contributed by atoms with Crippen molar-refractivity contribution in [2.24, 2.45) is 0 Å². The summed E-state index contributed by atoms with van der Waals surface area (Å²) >= 11 is 5.91. The van der Waals surface area contributed by atoms with Crippen LogP contribution in [-0.2, 0) is 0 Å². The first kappa shape index (κ1) is 12.5. The summed E-state index contributed by atoms with van der Waals surface area (Å²) in [6.07, 6.45) is 0. The SMILES string of the molecule is COc1cc(Cl)ccc1-c1nc2nc(N)[nH]c(=O)c2[nH]1. The molecular weight excluding hydrogens is 282 g/mol. The smallest absolute Gasteiger partial charge is 0.278 e. The van der Waals surface area contributed by atoms with Crippen LogP contribution in [0, 0.1) is 0 Å². The number of nitrogens with zero attached hydrogens (tertiary/aromatic N) is 2. The van der Waals surface area contributed by atoms with Crippen LogP contribution < -0.4 is 16.0 Å². The highest BCUT2D eigenvalue weighted by molar-refractivity contribution is 6.30. The van der Waals surface area contributed by atoms with Gasteiger partial charge >= 0.3 is 0 Å². The fourth-order valence-electron chi connectivity index (χ4n) is 1.91. The third-order valence-electron chi connectivity index (χ3n) is 2.80. The molecule has 0 aliphatic heterocycles. The number of benzene rings is 1. The lowest BCUT2D eigenvalue weighted by molar-refractivity contribution is 0.416. The fourth-order valence-corrected chi connectivity index (χ4v) is 2.07. The molecule has 7 nitrogen and oxygen atoms in total. The van der Waals surface area contributed by atoms with Gasteiger partial charge in [-0.2, -0.15) is 4.98 Å². The van der Waals surface area contributed by atoms with Crippen LogP contribution in [0.1, 0.15) is 0 Å². The Hall–Kier alpha value is -2.54. The fraction of sp³-hybridized carbons (Fsp3) is 0.0833. The number of nitrogens with two attached hydrogens (primary N) is 1. The van der Waals surface area contributed by atoms with E-state index in [-0.39, 0.29) is 22.7 Å². The minimum absolute atomic E-state index is 0.0172. The summed E-state index contributed by atoms with van der Waals surface area (Å²) in [5, 5.41) is 0.543. The van der Waals surface area contributed by atoms with Crippen LogP contribution in [0.3, 0.4) is 0 Å². The molecule has 0 amide bonds. The average Bonchev–Trinajstić information content (AvgIpc) is 2.82. The van der Waals surface area contributed by atoms with Gasteiger partial charge in [-0.05, 0) is 18.2 Å². The van der Waals surface area contributed by atoms with Gasteiger partial charge in [0.15, 0.2) is 11.2 Å². The average molecular weight is 292 g/mol. The zero-order chi connectivity index (χ0) is 14.3. The van der Waals surface area contributed by atoms with E-state index in [9.17, 15) is 4.79 Å². The Morgan fingerprint density at radius 1 is 1.30 bits per heavy atom. The number of methoxy groups -OCH3 is 1. The molecule has 4 N–H and O–H groups in total. The van der Waals surface area contributed by atoms with Crippen LogP contribution in [0.15, 0.2) is 23.0 Å². The van der Waals surface area contributed by atoms with E-state index in [0.717, 1.165) is 0 Å². The Morgan fingerprint density at radius 2 is 2.10 bits per heavy atom. The van der Waals surface area contributed by atoms with Gasteiger partial charge in [-0.3, -0.25) is 9.78 Å². The zero-order valence-electron chi connectivity index (χ0n) is 10.4. The molecule has 0 fully saturated rings. The number of fused-ring (bicyclic) bond motifs is 1. The molecule has 2 aromatic heterocycles. The first-order valence-electron chi connectivity index (χ1n) is 5.68. The van der Waals surface area contributed by atoms with Gasteiger partial charge in [0.25, 0.3) is 5.56 Å². The third-order valence-corrected chi connectivity index (χ3v) is 3.03. The largest absolute Gasteiger partial charge is 0.496 e. The Bertz CT molecular complexity index is 855. The summed E-state index contributed by atoms with van der Waals surface area (Å²) in [5.74, 6) is 1.02. The molecule has 0 aliphatic rings. The molecule has 3 aromatic rings. The molecule has 1 aromatic carbocycles. The van der Waals surface area contributed by atoms with E-state index in [0.29, 0.717) is 22.2 Å². The second kappa shape index (κ2) is 4.53. The topological polar surface area (TPSA) is 110 Å². The summed E-state index contributed by atoms with van der Waals surface area (Å²) in [7, 11) is 1.53. The molecule has 0 bridgehead atoms. The lowest BCUT2D eigenvalue weighted by atomic mass is 10.2. The van der Waals surface area contributed by atoms with E-state index in [2.05, 4.69) is 19.9 Å². The highest BCUT2D eigenvalue weighted by Gasteiger charge is 2.14. The summed E-state index contributed by atoms with van der Waals surface area (Å²) in [4.78, 5) is 25.3. The minimum atomic E-state index is -0.376. The van der Waals surface area contributed by atoms with Crippen LogP contribution in [-0.4, -0.2) is 27.0 Å². The molecule has 0 saturated carbocycles. The lowest BCUT2D eigenvalue weighted by Gasteiger charge is -2.05. The monoisotopic (exact) mass is 291 g/mol. The molecule has 8 heteroatoms. The second-order valence-corrected chi connectivity index (χ2v) is 4.52. The van der Waals surface area contributed by atoms with Gasteiger partial charge in [-0.25, -0.2) is 4.98 Å². The van der Waals surface area contributed by atoms with Gasteiger partial charge in [-0.1, -0.05) is 11.6 Å². The number of imidazole rings is 1. The number of anilines is 1. The quantitative estimate of drug-likeness (QED) is 0.663. The number of hydrogen-bond acceptors (Lipinski definition) is 5. The number of rotatable bonds is 2. The molecule has 0 atom stereocenters. The molecule has 20 heavy (non-hydrogen) atoms. The van der Waals surface area contributed by atoms with E-state index in [4.69, 9.17) is 22.1 Å². The maximum absolute atomic E-state index is 11.8. The number of nitrogen functional groups attached to an aromatic ring is 1. The van der Waals surface area contributed by atoms with Gasteiger partial charge in [0.2, 0.25) is 5.95 Å². The van der Waals surface area contributed by atoms with Crippen LogP contribution in [0.5, 0.6) is 5.75 Å². The van der Waals surface area contributed by atoms with Gasteiger partial charge in [-0.15, -0.1) is 0 Å². The summed E-state index contributed by atoms with van der Waals surface area (Å²) in [6.45, 7) is 0. The maximum Gasteiger partial charge on any atom is 0.278 e. The molecule has 0 saturated heterocycles. The summed E-state index contributed by atoms with van der Waals surface area (Å²) in [5.41, 5.74) is 6.29. The predicted molar refractivity (Wildman–Crippen MR) is 75.9 cm³/mol. The normalized spacial score (nSPS) is 10.9. The molecule has 2 heterocycles. The standard InChI is InChI=1S/C12H10ClN5O2/c1-20-7-4-5(13)2-3-6(7)9-15-8-10(16-9)17-12(14)18-11(8)19/h2-4H,1H3,(H4,14,15,16,17,18,19). The highest BCUT2D eigenvalue weighted by atomic mass is 35.5. The molecule has 102 valence electrons. The Morgan fingerprint density at radius 3 is 2.85 bits per heavy atom. The van der Waals surface area contributed by atoms with Crippen molar-refractivity contribution in [1.29, 1.82) is 0 Å². The van der Waals surface area contributed by atoms with E-state index >= 15 is 0 Å². The van der Waals surface area contributed by atoms with Gasteiger partial charge in [0.05, 0.1) is 12.7 Å². The van der Waals surface area contributed by atoms with Crippen LogP contribution in [0.25, 0.3) is 22.6 Å². The number of ether oxygens (including phenoxy) is 1. The van der Waals surface area contributed by atoms with E-state index in [1.807, 2.05) is 0 Å². The van der Waals surface area contributed by atoms with Crippen LogP contribution in [0.2, 0.25) is 5.02 Å². The van der Waals surface area contributed by atoms with Gasteiger partial charge < -0.3 is 15.5 Å². The predicted octanol–water partition coefficient (Wildman–Crippen LogP) is 1.56. The summed E-state index contributed by atoms with van der Waals surface area (Å²) < 4.78 is 5.26. The number of halogens is 1. The highest BCUT2D eigenvalue weighted by Crippen LogP contribution is 2.31. The first-order chi connectivity index (χ1) is 9.58. The number of H-pyrrole nitrogens is 2. The first-order valence-corrected chi connectivity index (χ1v) is 6.05. The molecular formula is C12H10ClN5O2. The molecule has 0 radical (unpaired) electrons. The number of aromatic amines is 2. The van der Waals surface area contributed by atoms with Crippen molar-refractivity contribution < 1.29 is 4.74 Å². The number of nitrogens with one attached hydrogen (secondary N) is 2. The third kappa shape index (κ3) is 1.97. The van der Waals surface area contributed by atoms with Gasteiger partial charge in [0.1, 0.15) is 11.6 Å². The van der Waals surface area contributed by atoms with Crippen molar-refractivity contribution in [2.45, 2.75) is 0 Å². The zero-order valence-corrected chi connectivity index (χ0v) is 11.2. The molecule has 0 spiro atoms. The Balaban J connectivity index is 2.25. The molecule has 3 rings (SSSR count). The van der Waals surface area contributed by atoms with Crippen molar-refractivity contribution in [3.05, 3.63) is 33.6 Å². The Kier molecular flexibility index (Phi) is 2.83. The van der Waals surface area contributed by atoms with E-state index < -0.39 is 0 Å². The second-order valence-electron chi connectivity index (χ2n) is 4.08.